The zero-order valence-electron chi connectivity index (χ0n) is 13.6. The number of hydrogen-bond acceptors (Lipinski definition) is 3. The standard InChI is InChI=1S/C18H24N2O2S/c1-2-15-18(22)20(14-10-6-7-11-16(14)23-15)12-17(21)19-13-8-4-3-5-9-13/h6-7,10-11,13,15H,2-5,8-9,12H2,1H3,(H,19,21)/t15-/m0/s1. The number of anilines is 1. The predicted octanol–water partition coefficient (Wildman–Crippen LogP) is 3.35. The molecule has 3 rings (SSSR count). The maximum atomic E-state index is 12.7. The Bertz CT molecular complexity index is 584. The molecule has 0 radical (unpaired) electrons. The fraction of sp³-hybridized carbons (Fsp3) is 0.556. The first-order chi connectivity index (χ1) is 11.2. The van der Waals surface area contributed by atoms with Gasteiger partial charge in [-0.05, 0) is 31.4 Å². The maximum Gasteiger partial charge on any atom is 0.240 e. The third-order valence-electron chi connectivity index (χ3n) is 4.61. The van der Waals surface area contributed by atoms with Crippen molar-refractivity contribution >= 4 is 29.3 Å². The largest absolute Gasteiger partial charge is 0.352 e. The Morgan fingerprint density at radius 3 is 2.74 bits per heavy atom. The molecule has 23 heavy (non-hydrogen) atoms. The Labute approximate surface area is 142 Å². The summed E-state index contributed by atoms with van der Waals surface area (Å²) < 4.78 is 0. The van der Waals surface area contributed by atoms with Crippen LogP contribution in [0.4, 0.5) is 5.69 Å². The minimum absolute atomic E-state index is 0.0400. The van der Waals surface area contributed by atoms with Crippen molar-refractivity contribution in [2.75, 3.05) is 11.4 Å². The van der Waals surface area contributed by atoms with Crippen LogP contribution in [-0.2, 0) is 9.59 Å². The summed E-state index contributed by atoms with van der Waals surface area (Å²) in [7, 11) is 0. The number of rotatable bonds is 4. The summed E-state index contributed by atoms with van der Waals surface area (Å²) in [6.07, 6.45) is 6.53. The minimum atomic E-state index is -0.0904. The molecule has 1 aromatic carbocycles. The van der Waals surface area contributed by atoms with Crippen molar-refractivity contribution in [3.63, 3.8) is 0 Å². The molecule has 2 aliphatic rings. The molecular formula is C18H24N2O2S. The van der Waals surface area contributed by atoms with Crippen molar-refractivity contribution in [1.29, 1.82) is 0 Å². The summed E-state index contributed by atoms with van der Waals surface area (Å²) in [5.41, 5.74) is 0.867. The van der Waals surface area contributed by atoms with Gasteiger partial charge in [0.25, 0.3) is 0 Å². The Morgan fingerprint density at radius 1 is 1.26 bits per heavy atom. The van der Waals surface area contributed by atoms with Crippen molar-refractivity contribution < 1.29 is 9.59 Å². The van der Waals surface area contributed by atoms with Crippen LogP contribution in [0.15, 0.2) is 29.2 Å². The highest BCUT2D eigenvalue weighted by Crippen LogP contribution is 2.39. The molecule has 1 fully saturated rings. The van der Waals surface area contributed by atoms with E-state index in [2.05, 4.69) is 5.32 Å². The number of hydrogen-bond donors (Lipinski definition) is 1. The zero-order valence-corrected chi connectivity index (χ0v) is 14.4. The van der Waals surface area contributed by atoms with Gasteiger partial charge >= 0.3 is 0 Å². The van der Waals surface area contributed by atoms with E-state index in [0.29, 0.717) is 0 Å². The predicted molar refractivity (Wildman–Crippen MR) is 93.7 cm³/mol. The first-order valence-corrected chi connectivity index (χ1v) is 9.43. The highest BCUT2D eigenvalue weighted by molar-refractivity contribution is 8.01. The lowest BCUT2D eigenvalue weighted by atomic mass is 9.95. The van der Waals surface area contributed by atoms with E-state index in [1.165, 1.54) is 19.3 Å². The molecule has 1 atom stereocenters. The first kappa shape index (κ1) is 16.4. The average molecular weight is 332 g/mol. The second-order valence-corrected chi connectivity index (χ2v) is 7.55. The summed E-state index contributed by atoms with van der Waals surface area (Å²) in [5, 5.41) is 3.02. The van der Waals surface area contributed by atoms with Crippen LogP contribution in [-0.4, -0.2) is 29.7 Å². The maximum absolute atomic E-state index is 12.7. The molecule has 0 aromatic heterocycles. The zero-order chi connectivity index (χ0) is 16.2. The Balaban J connectivity index is 1.72. The summed E-state index contributed by atoms with van der Waals surface area (Å²) in [4.78, 5) is 27.8. The fourth-order valence-electron chi connectivity index (χ4n) is 3.36. The first-order valence-electron chi connectivity index (χ1n) is 8.55. The monoisotopic (exact) mass is 332 g/mol. The fourth-order valence-corrected chi connectivity index (χ4v) is 4.52. The Hall–Kier alpha value is -1.49. The number of carbonyl (C=O) groups excluding carboxylic acids is 2. The van der Waals surface area contributed by atoms with Gasteiger partial charge in [0.2, 0.25) is 11.8 Å². The molecule has 0 unspecified atom stereocenters. The van der Waals surface area contributed by atoms with E-state index in [4.69, 9.17) is 0 Å². The molecule has 1 aliphatic carbocycles. The second kappa shape index (κ2) is 7.39. The Kier molecular flexibility index (Phi) is 5.26. The van der Waals surface area contributed by atoms with E-state index < -0.39 is 0 Å². The third-order valence-corrected chi connectivity index (χ3v) is 6.03. The van der Waals surface area contributed by atoms with E-state index in [9.17, 15) is 9.59 Å². The number of thioether (sulfide) groups is 1. The van der Waals surface area contributed by atoms with Gasteiger partial charge in [-0.1, -0.05) is 38.3 Å². The molecular weight excluding hydrogens is 308 g/mol. The summed E-state index contributed by atoms with van der Waals surface area (Å²) in [6.45, 7) is 2.15. The van der Waals surface area contributed by atoms with E-state index in [0.717, 1.165) is 29.8 Å². The quantitative estimate of drug-likeness (QED) is 0.920. The third kappa shape index (κ3) is 3.71. The molecule has 5 heteroatoms. The number of carbonyl (C=O) groups is 2. The lowest BCUT2D eigenvalue weighted by molar-refractivity contribution is -0.124. The molecule has 1 aromatic rings. The number of nitrogens with one attached hydrogen (secondary N) is 1. The second-order valence-electron chi connectivity index (χ2n) is 6.31. The lowest BCUT2D eigenvalue weighted by Crippen LogP contribution is -2.48. The lowest BCUT2D eigenvalue weighted by Gasteiger charge is -2.33. The normalized spacial score (nSPS) is 21.9. The van der Waals surface area contributed by atoms with E-state index in [-0.39, 0.29) is 29.7 Å². The summed E-state index contributed by atoms with van der Waals surface area (Å²) >= 11 is 1.61. The molecule has 124 valence electrons. The van der Waals surface area contributed by atoms with Crippen molar-refractivity contribution in [2.45, 2.75) is 61.6 Å². The average Bonchev–Trinajstić information content (AvgIpc) is 2.58. The van der Waals surface area contributed by atoms with Crippen LogP contribution in [0.1, 0.15) is 45.4 Å². The Morgan fingerprint density at radius 2 is 2.00 bits per heavy atom. The number of benzene rings is 1. The van der Waals surface area contributed by atoms with Gasteiger partial charge in [-0.25, -0.2) is 0 Å². The molecule has 1 saturated carbocycles. The molecule has 0 saturated heterocycles. The van der Waals surface area contributed by atoms with Crippen LogP contribution in [0.5, 0.6) is 0 Å². The van der Waals surface area contributed by atoms with Crippen LogP contribution in [0.3, 0.4) is 0 Å². The van der Waals surface area contributed by atoms with Gasteiger partial charge in [0, 0.05) is 10.9 Å². The molecule has 1 N–H and O–H groups in total. The number of para-hydroxylation sites is 1. The SMILES string of the molecule is CC[C@@H]1Sc2ccccc2N(CC(=O)NC2CCCCC2)C1=O. The number of nitrogens with zero attached hydrogens (tertiary/aromatic N) is 1. The van der Waals surface area contributed by atoms with Gasteiger partial charge < -0.3 is 10.2 Å². The number of amides is 2. The van der Waals surface area contributed by atoms with Crippen molar-refractivity contribution in [2.24, 2.45) is 0 Å². The van der Waals surface area contributed by atoms with Gasteiger partial charge in [-0.3, -0.25) is 9.59 Å². The number of fused-ring (bicyclic) bond motifs is 1. The van der Waals surface area contributed by atoms with Crippen LogP contribution >= 0.6 is 11.8 Å². The van der Waals surface area contributed by atoms with Gasteiger partial charge in [0.1, 0.15) is 6.54 Å². The topological polar surface area (TPSA) is 49.4 Å². The van der Waals surface area contributed by atoms with E-state index in [1.807, 2.05) is 31.2 Å². The molecule has 4 nitrogen and oxygen atoms in total. The highest BCUT2D eigenvalue weighted by Gasteiger charge is 2.33. The smallest absolute Gasteiger partial charge is 0.240 e. The molecule has 1 heterocycles. The van der Waals surface area contributed by atoms with Gasteiger partial charge in [-0.15, -0.1) is 11.8 Å². The molecule has 2 amide bonds. The van der Waals surface area contributed by atoms with E-state index >= 15 is 0 Å². The van der Waals surface area contributed by atoms with Gasteiger partial charge in [0.15, 0.2) is 0 Å². The van der Waals surface area contributed by atoms with Crippen molar-refractivity contribution in [3.8, 4) is 0 Å². The minimum Gasteiger partial charge on any atom is -0.352 e. The van der Waals surface area contributed by atoms with Crippen LogP contribution in [0, 0.1) is 0 Å². The van der Waals surface area contributed by atoms with Crippen LogP contribution in [0.2, 0.25) is 0 Å². The van der Waals surface area contributed by atoms with E-state index in [1.54, 1.807) is 16.7 Å². The molecule has 1 aliphatic heterocycles. The van der Waals surface area contributed by atoms with Crippen molar-refractivity contribution in [3.05, 3.63) is 24.3 Å². The summed E-state index contributed by atoms with van der Waals surface area (Å²) in [6, 6.07) is 8.14. The van der Waals surface area contributed by atoms with Crippen LogP contribution < -0.4 is 10.2 Å². The van der Waals surface area contributed by atoms with Gasteiger partial charge in [-0.2, -0.15) is 0 Å². The molecule has 0 bridgehead atoms. The highest BCUT2D eigenvalue weighted by atomic mass is 32.2. The van der Waals surface area contributed by atoms with Crippen LogP contribution in [0.25, 0.3) is 0 Å². The van der Waals surface area contributed by atoms with Crippen molar-refractivity contribution in [1.82, 2.24) is 5.32 Å². The molecule has 0 spiro atoms. The van der Waals surface area contributed by atoms with Gasteiger partial charge in [0.05, 0.1) is 10.9 Å². The summed E-state index contributed by atoms with van der Waals surface area (Å²) in [5.74, 6) is 0.0109.